The Balaban J connectivity index is 0.704. The Kier molecular flexibility index (Phi) is 22.8. The number of nitrogens with zero attached hydrogens (tertiary/aromatic N) is 4. The zero-order valence-corrected chi connectivity index (χ0v) is 43.6. The fourth-order valence-corrected chi connectivity index (χ4v) is 8.97. The molecular weight excluding hydrogens is 881 g/mol. The van der Waals surface area contributed by atoms with Gasteiger partial charge in [0.05, 0.1) is 13.2 Å². The molecule has 0 N–H and O–H groups in total. The molecule has 0 fully saturated rings. The van der Waals surface area contributed by atoms with Crippen molar-refractivity contribution in [2.45, 2.75) is 143 Å². The van der Waals surface area contributed by atoms with Crippen LogP contribution in [0.4, 0.5) is 0 Å². The molecule has 6 heteroatoms. The van der Waals surface area contributed by atoms with E-state index < -0.39 is 0 Å². The number of aromatic nitrogens is 4. The second-order valence-electron chi connectivity index (χ2n) is 19.4. The largest absolute Gasteiger partial charge is 0.494 e. The van der Waals surface area contributed by atoms with Crippen molar-refractivity contribution in [1.82, 2.24) is 0 Å². The normalized spacial score (nSPS) is 11.5. The summed E-state index contributed by atoms with van der Waals surface area (Å²) in [7, 11) is 0. The molecule has 374 valence electrons. The Hall–Kier alpha value is -6.66. The molecule has 0 atom stereocenters. The highest BCUT2D eigenvalue weighted by molar-refractivity contribution is 5.73. The van der Waals surface area contributed by atoms with Crippen molar-refractivity contribution in [2.75, 3.05) is 13.2 Å². The molecule has 4 heterocycles. The van der Waals surface area contributed by atoms with E-state index in [1.165, 1.54) is 123 Å². The maximum absolute atomic E-state index is 6.07. The van der Waals surface area contributed by atoms with Gasteiger partial charge in [-0.3, -0.25) is 0 Å². The van der Waals surface area contributed by atoms with Gasteiger partial charge in [0, 0.05) is 74.2 Å². The predicted octanol–water partition coefficient (Wildman–Crippen LogP) is 15.0. The number of pyridine rings is 4. The van der Waals surface area contributed by atoms with Gasteiger partial charge in [0.15, 0.2) is 49.6 Å². The summed E-state index contributed by atoms with van der Waals surface area (Å²) in [5.41, 5.74) is 9.76. The predicted molar refractivity (Wildman–Crippen MR) is 298 cm³/mol. The molecule has 0 saturated heterocycles. The topological polar surface area (TPSA) is 34.0 Å². The number of hydrogen-bond acceptors (Lipinski definition) is 2. The lowest BCUT2D eigenvalue weighted by atomic mass is 10.1. The maximum Gasteiger partial charge on any atom is 0.169 e. The quantitative estimate of drug-likeness (QED) is 0.0239. The molecule has 72 heavy (non-hydrogen) atoms. The lowest BCUT2D eigenvalue weighted by molar-refractivity contribution is -0.697. The lowest BCUT2D eigenvalue weighted by Gasteiger charge is -2.06. The first-order valence-electron chi connectivity index (χ1n) is 27.5. The minimum Gasteiger partial charge on any atom is -0.494 e. The molecule has 0 aliphatic rings. The van der Waals surface area contributed by atoms with E-state index in [1.807, 2.05) is 0 Å². The van der Waals surface area contributed by atoms with Crippen LogP contribution >= 0.6 is 0 Å². The summed E-state index contributed by atoms with van der Waals surface area (Å²) in [5.74, 6) is 1.86. The minimum absolute atomic E-state index is 0.751. The van der Waals surface area contributed by atoms with E-state index in [1.54, 1.807) is 0 Å². The lowest BCUT2D eigenvalue weighted by Crippen LogP contribution is -2.33. The smallest absolute Gasteiger partial charge is 0.169 e. The Labute approximate surface area is 433 Å². The van der Waals surface area contributed by atoms with Crippen molar-refractivity contribution in [3.8, 4) is 33.8 Å². The number of benzene rings is 3. The monoisotopic (exact) mass is 963 g/mol. The van der Waals surface area contributed by atoms with Crippen molar-refractivity contribution >= 4 is 24.3 Å². The van der Waals surface area contributed by atoms with Crippen LogP contribution in [0.5, 0.6) is 11.5 Å². The third-order valence-corrected chi connectivity index (χ3v) is 13.6. The molecule has 4 aromatic heterocycles. The summed E-state index contributed by atoms with van der Waals surface area (Å²) in [4.78, 5) is 0. The second-order valence-corrected chi connectivity index (χ2v) is 19.4. The number of aryl methyl sites for hydroxylation is 4. The van der Waals surface area contributed by atoms with Crippen molar-refractivity contribution in [3.63, 3.8) is 0 Å². The highest BCUT2D eigenvalue weighted by Gasteiger charge is 2.09. The molecular formula is C66H82N4O2+4. The minimum atomic E-state index is 0.751. The average Bonchev–Trinajstić information content (AvgIpc) is 3.43. The Bertz CT molecular complexity index is 2420. The zero-order valence-electron chi connectivity index (χ0n) is 43.6. The molecule has 7 aromatic rings. The fourth-order valence-electron chi connectivity index (χ4n) is 8.97. The number of unbranched alkanes of at least 4 members (excludes halogenated alkanes) is 12. The van der Waals surface area contributed by atoms with Gasteiger partial charge in [0.1, 0.15) is 37.7 Å². The van der Waals surface area contributed by atoms with Gasteiger partial charge in [-0.15, -0.1) is 0 Å². The highest BCUT2D eigenvalue weighted by Crippen LogP contribution is 2.20. The summed E-state index contributed by atoms with van der Waals surface area (Å²) in [6.07, 6.45) is 46.0. The van der Waals surface area contributed by atoms with Crippen LogP contribution in [0.2, 0.25) is 0 Å². The molecule has 0 aliphatic carbocycles. The molecule has 6 nitrogen and oxygen atoms in total. The molecule has 0 unspecified atom stereocenters. The Morgan fingerprint density at radius 3 is 0.778 bits per heavy atom. The first kappa shape index (κ1) is 53.1. The molecule has 7 rings (SSSR count). The number of ether oxygens (including phenoxy) is 2. The number of rotatable bonds is 32. The van der Waals surface area contributed by atoms with Gasteiger partial charge in [-0.05, 0) is 120 Å². The SMILES string of the molecule is CCCCCC[n+]1ccc(-c2cc[n+](CCCCCCOc3ccc(C=Cc4ccc(C=Cc5ccc(OCCCCCC[n+]6ccc(-c7cc[n+](CCCCCC)cc7)cc6)cc5)cc4)cc3)cc2)cc1. The van der Waals surface area contributed by atoms with Crippen LogP contribution < -0.4 is 27.7 Å². The molecule has 0 bridgehead atoms. The van der Waals surface area contributed by atoms with Gasteiger partial charge in [-0.1, -0.05) is 112 Å². The Morgan fingerprint density at radius 1 is 0.278 bits per heavy atom. The van der Waals surface area contributed by atoms with E-state index in [-0.39, 0.29) is 0 Å². The van der Waals surface area contributed by atoms with Gasteiger partial charge < -0.3 is 9.47 Å². The third kappa shape index (κ3) is 19.2. The van der Waals surface area contributed by atoms with E-state index in [0.29, 0.717) is 0 Å². The fraction of sp³-hybridized carbons (Fsp3) is 0.364. The van der Waals surface area contributed by atoms with Gasteiger partial charge in [0.25, 0.3) is 0 Å². The van der Waals surface area contributed by atoms with Gasteiger partial charge in [0.2, 0.25) is 0 Å². The molecule has 3 aromatic carbocycles. The van der Waals surface area contributed by atoms with Gasteiger partial charge >= 0.3 is 0 Å². The van der Waals surface area contributed by atoms with Crippen molar-refractivity contribution in [3.05, 3.63) is 193 Å². The van der Waals surface area contributed by atoms with Crippen LogP contribution in [0.25, 0.3) is 46.6 Å². The van der Waals surface area contributed by atoms with Crippen LogP contribution in [0, 0.1) is 0 Å². The average molecular weight is 963 g/mol. The summed E-state index contributed by atoms with van der Waals surface area (Å²) in [6, 6.07) is 43.4. The van der Waals surface area contributed by atoms with Crippen LogP contribution in [0.1, 0.15) is 139 Å². The summed E-state index contributed by atoms with van der Waals surface area (Å²) >= 11 is 0. The summed E-state index contributed by atoms with van der Waals surface area (Å²) in [5, 5.41) is 0. The second kappa shape index (κ2) is 30.9. The van der Waals surface area contributed by atoms with Crippen LogP contribution in [0.15, 0.2) is 171 Å². The van der Waals surface area contributed by atoms with Crippen LogP contribution in [-0.4, -0.2) is 13.2 Å². The van der Waals surface area contributed by atoms with E-state index in [4.69, 9.17) is 9.47 Å². The standard InChI is InChI=1S/C66H82N4O2/c1-3-5-7-13-43-67-47-35-61(36-48-67)63-39-51-69(52-40-63)45-15-9-11-17-55-71-65-31-27-59(28-32-65)25-23-57-19-21-58(22-20-57)24-26-60-29-33-66(34-30-60)72-56-18-12-10-16-46-70-53-41-64(42-54-70)62-37-49-68(50-38-62)44-14-8-6-4-2/h19-42,47-54H,3-18,43-46,55-56H2,1-2H3/q+4. The maximum atomic E-state index is 6.07. The van der Waals surface area contributed by atoms with Crippen molar-refractivity contribution in [2.24, 2.45) is 0 Å². The van der Waals surface area contributed by atoms with E-state index in [9.17, 15) is 0 Å². The van der Waals surface area contributed by atoms with Crippen LogP contribution in [-0.2, 0) is 26.2 Å². The van der Waals surface area contributed by atoms with Gasteiger partial charge in [-0.2, -0.15) is 0 Å². The zero-order chi connectivity index (χ0) is 49.7. The first-order chi connectivity index (χ1) is 35.6. The molecule has 0 amide bonds. The molecule has 0 spiro atoms. The number of hydrogen-bond donors (Lipinski definition) is 0. The third-order valence-electron chi connectivity index (χ3n) is 13.6. The highest BCUT2D eigenvalue weighted by atomic mass is 16.5. The van der Waals surface area contributed by atoms with E-state index >= 15 is 0 Å². The van der Waals surface area contributed by atoms with Crippen molar-refractivity contribution in [1.29, 1.82) is 0 Å². The Morgan fingerprint density at radius 2 is 0.514 bits per heavy atom. The molecule has 0 aliphatic heterocycles. The van der Waals surface area contributed by atoms with Gasteiger partial charge in [-0.25, -0.2) is 18.3 Å². The first-order valence-corrected chi connectivity index (χ1v) is 27.5. The van der Waals surface area contributed by atoms with E-state index in [0.717, 1.165) is 74.9 Å². The van der Waals surface area contributed by atoms with E-state index in [2.05, 4.69) is 227 Å². The molecule has 0 saturated carbocycles. The van der Waals surface area contributed by atoms with Crippen LogP contribution in [0.3, 0.4) is 0 Å². The molecule has 0 radical (unpaired) electrons. The van der Waals surface area contributed by atoms with Crippen molar-refractivity contribution < 1.29 is 27.7 Å². The summed E-state index contributed by atoms with van der Waals surface area (Å²) in [6.45, 7) is 10.3. The summed E-state index contributed by atoms with van der Waals surface area (Å²) < 4.78 is 21.4.